The number of benzene rings is 1. The number of thioether (sulfide) groups is 1. The number of hydrazine groups is 1. The van der Waals surface area contributed by atoms with Crippen LogP contribution in [-0.2, 0) is 21.1 Å². The van der Waals surface area contributed by atoms with Gasteiger partial charge in [0.15, 0.2) is 0 Å². The molecular weight excluding hydrogens is 476 g/mol. The van der Waals surface area contributed by atoms with Crippen LogP contribution < -0.4 is 4.74 Å². The van der Waals surface area contributed by atoms with Crippen LogP contribution in [0.25, 0.3) is 0 Å². The minimum atomic E-state index is -0.969. The van der Waals surface area contributed by atoms with Crippen molar-refractivity contribution in [3.8, 4) is 5.75 Å². The molecule has 1 aliphatic rings. The Labute approximate surface area is 148 Å². The first-order chi connectivity index (χ1) is 10.1. The van der Waals surface area contributed by atoms with E-state index in [9.17, 15) is 9.59 Å². The quantitative estimate of drug-likeness (QED) is 0.612. The molecule has 1 amide bonds. The summed E-state index contributed by atoms with van der Waals surface area (Å²) >= 11 is 1.29. The van der Waals surface area contributed by atoms with E-state index < -0.39 is 5.97 Å². The van der Waals surface area contributed by atoms with Crippen molar-refractivity contribution in [3.05, 3.63) is 36.8 Å². The second-order valence-electron chi connectivity index (χ2n) is 4.37. The molecule has 22 heavy (non-hydrogen) atoms. The molecule has 1 aromatic rings. The molecule has 0 atom stereocenters. The Hall–Kier alpha value is -1.04. The number of carbonyl (C=O) groups excluding carboxylic acids is 1. The Bertz CT molecular complexity index is 512. The van der Waals surface area contributed by atoms with E-state index in [-0.39, 0.29) is 31.9 Å². The fraction of sp³-hybridized carbons (Fsp3) is 0.357. The molecule has 1 fully saturated rings. The van der Waals surface area contributed by atoms with Crippen LogP contribution >= 0.6 is 11.8 Å². The van der Waals surface area contributed by atoms with Crippen molar-refractivity contribution in [1.82, 2.24) is 10.0 Å². The van der Waals surface area contributed by atoms with Crippen molar-refractivity contribution in [2.45, 2.75) is 0 Å². The van der Waals surface area contributed by atoms with Gasteiger partial charge in [0.2, 0.25) is 0 Å². The van der Waals surface area contributed by atoms with Gasteiger partial charge in [-0.05, 0) is 24.3 Å². The van der Waals surface area contributed by atoms with Gasteiger partial charge < -0.3 is 16.8 Å². The first kappa shape index (κ1) is 19.0. The number of carboxylic acid groups (broad SMARTS) is 1. The van der Waals surface area contributed by atoms with Gasteiger partial charge in [0.05, 0.1) is 12.1 Å². The van der Waals surface area contributed by atoms with E-state index in [2.05, 4.69) is 6.92 Å². The summed E-state index contributed by atoms with van der Waals surface area (Å²) in [7, 11) is 0. The maximum atomic E-state index is 11.8. The Morgan fingerprint density at radius 3 is 2.64 bits per heavy atom. The van der Waals surface area contributed by atoms with Gasteiger partial charge in [0.25, 0.3) is 5.24 Å². The van der Waals surface area contributed by atoms with Gasteiger partial charge in [0.1, 0.15) is 12.4 Å². The van der Waals surface area contributed by atoms with Gasteiger partial charge in [0, 0.05) is 33.4 Å². The molecule has 1 heterocycles. The fourth-order valence-electron chi connectivity index (χ4n) is 1.96. The predicted octanol–water partition coefficient (Wildman–Crippen LogP) is 1.98. The van der Waals surface area contributed by atoms with Crippen molar-refractivity contribution in [2.24, 2.45) is 0 Å². The van der Waals surface area contributed by atoms with Crippen LogP contribution in [0.3, 0.4) is 0 Å². The minimum absolute atomic E-state index is 0. The van der Waals surface area contributed by atoms with Crippen LogP contribution in [0.1, 0.15) is 10.4 Å². The second-order valence-corrected chi connectivity index (χ2v) is 5.42. The standard InChI is InChI=1S/C14H17N2O4S.W/c1-2-15-8-10-21-14(19)16(15)7-9-20-12-5-3-11(4-6-12)13(17)18;/h3-6H,1-2,7-10H2,(H,17,18);/q-1;. The number of hydrogen-bond donors (Lipinski definition) is 1. The number of carboxylic acids is 1. The summed E-state index contributed by atoms with van der Waals surface area (Å²) in [6, 6.07) is 6.19. The summed E-state index contributed by atoms with van der Waals surface area (Å²) < 4.78 is 5.54. The molecule has 0 bridgehead atoms. The molecule has 0 radical (unpaired) electrons. The van der Waals surface area contributed by atoms with Crippen LogP contribution in [0.4, 0.5) is 4.79 Å². The van der Waals surface area contributed by atoms with E-state index in [1.165, 1.54) is 23.9 Å². The largest absolute Gasteiger partial charge is 0.492 e. The zero-order valence-corrected chi connectivity index (χ0v) is 15.7. The van der Waals surface area contributed by atoms with Crippen molar-refractivity contribution in [2.75, 3.05) is 32.0 Å². The van der Waals surface area contributed by atoms with E-state index in [4.69, 9.17) is 9.84 Å². The van der Waals surface area contributed by atoms with Crippen LogP contribution in [0.15, 0.2) is 24.3 Å². The summed E-state index contributed by atoms with van der Waals surface area (Å²) in [5.41, 5.74) is 0.216. The van der Waals surface area contributed by atoms with E-state index >= 15 is 0 Å². The molecule has 0 unspecified atom stereocenters. The fourth-order valence-corrected chi connectivity index (χ4v) is 2.79. The number of nitrogens with zero attached hydrogens (tertiary/aromatic N) is 2. The Morgan fingerprint density at radius 2 is 2.05 bits per heavy atom. The number of carbonyl (C=O) groups is 2. The van der Waals surface area contributed by atoms with Crippen molar-refractivity contribution in [1.29, 1.82) is 0 Å². The number of ether oxygens (including phenoxy) is 1. The first-order valence-corrected chi connectivity index (χ1v) is 7.55. The Morgan fingerprint density at radius 1 is 1.36 bits per heavy atom. The Balaban J connectivity index is 0.00000242. The molecule has 1 N–H and O–H groups in total. The van der Waals surface area contributed by atoms with Gasteiger partial charge >= 0.3 is 5.97 Å². The van der Waals surface area contributed by atoms with Gasteiger partial charge in [-0.1, -0.05) is 11.8 Å². The molecule has 0 spiro atoms. The van der Waals surface area contributed by atoms with E-state index in [0.29, 0.717) is 25.4 Å². The third kappa shape index (κ3) is 5.00. The summed E-state index contributed by atoms with van der Waals surface area (Å²) in [4.78, 5) is 22.6. The molecule has 0 aromatic heterocycles. The van der Waals surface area contributed by atoms with Crippen LogP contribution in [0.2, 0.25) is 0 Å². The van der Waals surface area contributed by atoms with Crippen molar-refractivity contribution < 1.29 is 40.5 Å². The Kier molecular flexibility index (Phi) is 7.93. The molecule has 0 aliphatic carbocycles. The zero-order chi connectivity index (χ0) is 15.2. The van der Waals surface area contributed by atoms with Gasteiger partial charge in [-0.15, -0.1) is 6.54 Å². The number of aromatic carboxylic acids is 1. The minimum Gasteiger partial charge on any atom is -0.492 e. The first-order valence-electron chi connectivity index (χ1n) is 6.56. The number of rotatable bonds is 6. The molecule has 1 saturated heterocycles. The summed E-state index contributed by atoms with van der Waals surface area (Å²) in [5, 5.41) is 12.4. The number of hydrogen-bond acceptors (Lipinski definition) is 5. The third-order valence-electron chi connectivity index (χ3n) is 3.06. The molecule has 8 heteroatoms. The molecule has 0 saturated carbocycles. The zero-order valence-electron chi connectivity index (χ0n) is 11.9. The van der Waals surface area contributed by atoms with Crippen LogP contribution in [0, 0.1) is 6.92 Å². The predicted molar refractivity (Wildman–Crippen MR) is 80.4 cm³/mol. The topological polar surface area (TPSA) is 70.1 Å². The van der Waals surface area contributed by atoms with Crippen LogP contribution in [-0.4, -0.2) is 58.3 Å². The van der Waals surface area contributed by atoms with Crippen LogP contribution in [0.5, 0.6) is 5.75 Å². The monoisotopic (exact) mass is 493 g/mol. The van der Waals surface area contributed by atoms with Gasteiger partial charge in [-0.25, -0.2) is 9.80 Å². The third-order valence-corrected chi connectivity index (χ3v) is 3.90. The second kappa shape index (κ2) is 9.18. The van der Waals surface area contributed by atoms with Gasteiger partial charge in [-0.3, -0.25) is 9.80 Å². The van der Waals surface area contributed by atoms with E-state index in [1.54, 1.807) is 17.1 Å². The molecule has 1 aliphatic heterocycles. The average molecular weight is 493 g/mol. The number of amides is 1. The molecule has 1 aromatic carbocycles. The van der Waals surface area contributed by atoms with Crippen molar-refractivity contribution in [3.63, 3.8) is 0 Å². The SMILES string of the molecule is [CH2-]CN1CCSC(=O)N1CCOc1ccc(C(=O)O)cc1.[W]. The van der Waals surface area contributed by atoms with Gasteiger partial charge in [-0.2, -0.15) is 0 Å². The summed E-state index contributed by atoms with van der Waals surface area (Å²) in [6.07, 6.45) is 0. The van der Waals surface area contributed by atoms with E-state index in [0.717, 1.165) is 12.3 Å². The maximum Gasteiger partial charge on any atom is 0.335 e. The molecule has 120 valence electrons. The molecule has 6 nitrogen and oxygen atoms in total. The smallest absolute Gasteiger partial charge is 0.335 e. The molecule has 2 rings (SSSR count). The normalized spacial score (nSPS) is 15.3. The van der Waals surface area contributed by atoms with E-state index in [1.807, 2.05) is 5.01 Å². The summed E-state index contributed by atoms with van der Waals surface area (Å²) in [6.45, 7) is 5.94. The maximum absolute atomic E-state index is 11.8. The summed E-state index contributed by atoms with van der Waals surface area (Å²) in [5.74, 6) is 0.393. The molecular formula is C14H17N2O4SW-. The van der Waals surface area contributed by atoms with Crippen molar-refractivity contribution >= 4 is 23.0 Å². The average Bonchev–Trinajstić information content (AvgIpc) is 2.49.